The van der Waals surface area contributed by atoms with Gasteiger partial charge in [0.05, 0.1) is 6.61 Å². The van der Waals surface area contributed by atoms with Crippen molar-refractivity contribution in [3.05, 3.63) is 24.0 Å². The minimum absolute atomic E-state index is 0.0360. The third-order valence-corrected chi connectivity index (χ3v) is 2.13. The maximum atomic E-state index is 8.59. The highest BCUT2D eigenvalue weighted by molar-refractivity contribution is 5.97. The molecule has 3 N–H and O–H groups in total. The van der Waals surface area contributed by atoms with Gasteiger partial charge >= 0.3 is 0 Å². The van der Waals surface area contributed by atoms with Crippen molar-refractivity contribution in [1.82, 2.24) is 4.98 Å². The van der Waals surface area contributed by atoms with Gasteiger partial charge in [-0.05, 0) is 18.6 Å². The maximum Gasteiger partial charge on any atom is 0.192 e. The van der Waals surface area contributed by atoms with Crippen molar-refractivity contribution in [1.29, 1.82) is 0 Å². The van der Waals surface area contributed by atoms with Crippen LogP contribution in [0.25, 0.3) is 0 Å². The summed E-state index contributed by atoms with van der Waals surface area (Å²) in [5, 5.41) is 11.5. The van der Waals surface area contributed by atoms with Crippen LogP contribution in [0.15, 0.2) is 23.5 Å². The number of oxime groups is 1. The van der Waals surface area contributed by atoms with E-state index >= 15 is 0 Å². The van der Waals surface area contributed by atoms with Gasteiger partial charge in [-0.2, -0.15) is 0 Å². The van der Waals surface area contributed by atoms with Gasteiger partial charge < -0.3 is 15.7 Å². The molecule has 0 amide bonds. The standard InChI is InChI=1S/C11H17N3O2/c1-2-3-4-8-16-9-6-5-7-13-10(9)11(12)14-15/h5-7,15H,2-4,8H2,1H3,(H2,12,14). The lowest BCUT2D eigenvalue weighted by Crippen LogP contribution is -2.16. The number of nitrogens with two attached hydrogens (primary N) is 1. The number of hydrogen-bond donors (Lipinski definition) is 2. The van der Waals surface area contributed by atoms with E-state index in [4.69, 9.17) is 15.7 Å². The second kappa shape index (κ2) is 6.66. The first-order valence-corrected chi connectivity index (χ1v) is 5.35. The fraction of sp³-hybridized carbons (Fsp3) is 0.455. The van der Waals surface area contributed by atoms with E-state index < -0.39 is 0 Å². The Morgan fingerprint density at radius 1 is 1.56 bits per heavy atom. The average Bonchev–Trinajstić information content (AvgIpc) is 2.34. The minimum Gasteiger partial charge on any atom is -0.491 e. The van der Waals surface area contributed by atoms with Gasteiger partial charge in [0.2, 0.25) is 0 Å². The van der Waals surface area contributed by atoms with Gasteiger partial charge in [0, 0.05) is 6.20 Å². The SMILES string of the molecule is CCCCCOc1cccnc1/C(N)=N/O. The van der Waals surface area contributed by atoms with Gasteiger partial charge in [-0.1, -0.05) is 24.9 Å². The highest BCUT2D eigenvalue weighted by atomic mass is 16.5. The topological polar surface area (TPSA) is 80.7 Å². The lowest BCUT2D eigenvalue weighted by molar-refractivity contribution is 0.302. The van der Waals surface area contributed by atoms with Crippen LogP contribution in [0.4, 0.5) is 0 Å². The summed E-state index contributed by atoms with van der Waals surface area (Å²) < 4.78 is 5.53. The normalized spacial score (nSPS) is 11.4. The quantitative estimate of drug-likeness (QED) is 0.253. The second-order valence-electron chi connectivity index (χ2n) is 3.39. The molecule has 0 unspecified atom stereocenters. The lowest BCUT2D eigenvalue weighted by atomic mass is 10.2. The molecule has 5 heteroatoms. The molecule has 0 fully saturated rings. The van der Waals surface area contributed by atoms with E-state index in [9.17, 15) is 0 Å². The van der Waals surface area contributed by atoms with Crippen molar-refractivity contribution in [2.24, 2.45) is 10.9 Å². The Kier molecular flexibility index (Phi) is 5.11. The number of rotatable bonds is 6. The monoisotopic (exact) mass is 223 g/mol. The fourth-order valence-electron chi connectivity index (χ4n) is 1.28. The van der Waals surface area contributed by atoms with Crippen molar-refractivity contribution in [2.45, 2.75) is 26.2 Å². The van der Waals surface area contributed by atoms with Crippen molar-refractivity contribution in [3.63, 3.8) is 0 Å². The third kappa shape index (κ3) is 3.42. The summed E-state index contributed by atoms with van der Waals surface area (Å²) in [4.78, 5) is 4.01. The molecule has 0 aliphatic carbocycles. The molecule has 0 aliphatic heterocycles. The molecule has 16 heavy (non-hydrogen) atoms. The van der Waals surface area contributed by atoms with E-state index in [1.165, 1.54) is 0 Å². The van der Waals surface area contributed by atoms with E-state index in [1.54, 1.807) is 18.3 Å². The van der Waals surface area contributed by atoms with E-state index in [2.05, 4.69) is 17.1 Å². The summed E-state index contributed by atoms with van der Waals surface area (Å²) in [6.45, 7) is 2.75. The van der Waals surface area contributed by atoms with Crippen LogP contribution < -0.4 is 10.5 Å². The number of amidine groups is 1. The zero-order chi connectivity index (χ0) is 11.8. The maximum absolute atomic E-state index is 8.59. The number of nitrogens with zero attached hydrogens (tertiary/aromatic N) is 2. The molecule has 1 heterocycles. The Bertz CT molecular complexity index is 353. The van der Waals surface area contributed by atoms with Crippen LogP contribution in [0.1, 0.15) is 31.9 Å². The fourth-order valence-corrected chi connectivity index (χ4v) is 1.28. The van der Waals surface area contributed by atoms with Gasteiger partial charge in [-0.3, -0.25) is 0 Å². The van der Waals surface area contributed by atoms with Gasteiger partial charge in [0.15, 0.2) is 11.5 Å². The number of pyridine rings is 1. The van der Waals surface area contributed by atoms with Crippen LogP contribution in [0, 0.1) is 0 Å². The molecule has 0 aliphatic rings. The van der Waals surface area contributed by atoms with Crippen molar-refractivity contribution in [3.8, 4) is 5.75 Å². The van der Waals surface area contributed by atoms with E-state index in [0.29, 0.717) is 18.1 Å². The Morgan fingerprint density at radius 3 is 3.06 bits per heavy atom. The molecule has 0 aromatic carbocycles. The molecule has 1 rings (SSSR count). The summed E-state index contributed by atoms with van der Waals surface area (Å²) in [6, 6.07) is 3.51. The zero-order valence-corrected chi connectivity index (χ0v) is 9.39. The largest absolute Gasteiger partial charge is 0.491 e. The number of unbranched alkanes of at least 4 members (excludes halogenated alkanes) is 2. The molecule has 0 saturated carbocycles. The molecule has 0 radical (unpaired) electrons. The predicted octanol–water partition coefficient (Wildman–Crippen LogP) is 1.75. The van der Waals surface area contributed by atoms with Crippen LogP contribution >= 0.6 is 0 Å². The van der Waals surface area contributed by atoms with Gasteiger partial charge in [0.1, 0.15) is 5.75 Å². The highest BCUT2D eigenvalue weighted by Gasteiger charge is 2.08. The Hall–Kier alpha value is -1.78. The van der Waals surface area contributed by atoms with E-state index in [1.807, 2.05) is 0 Å². The van der Waals surface area contributed by atoms with Crippen LogP contribution in [0.3, 0.4) is 0 Å². The molecule has 0 spiro atoms. The molecule has 0 atom stereocenters. The molecule has 0 saturated heterocycles. The summed E-state index contributed by atoms with van der Waals surface area (Å²) >= 11 is 0. The second-order valence-corrected chi connectivity index (χ2v) is 3.39. The molecule has 0 bridgehead atoms. The Morgan fingerprint density at radius 2 is 2.38 bits per heavy atom. The van der Waals surface area contributed by atoms with Crippen LogP contribution in [0.2, 0.25) is 0 Å². The van der Waals surface area contributed by atoms with Gasteiger partial charge in [-0.25, -0.2) is 4.98 Å². The molecule has 88 valence electrons. The summed E-state index contributed by atoms with van der Waals surface area (Å²) in [7, 11) is 0. The predicted molar refractivity (Wildman–Crippen MR) is 61.8 cm³/mol. The van der Waals surface area contributed by atoms with Crippen LogP contribution in [0.5, 0.6) is 5.75 Å². The van der Waals surface area contributed by atoms with Gasteiger partial charge in [-0.15, -0.1) is 0 Å². The zero-order valence-electron chi connectivity index (χ0n) is 9.39. The molecule has 1 aromatic heterocycles. The molecule has 5 nitrogen and oxygen atoms in total. The summed E-state index contributed by atoms with van der Waals surface area (Å²) in [5.41, 5.74) is 5.86. The summed E-state index contributed by atoms with van der Waals surface area (Å²) in [6.07, 6.45) is 4.83. The van der Waals surface area contributed by atoms with Crippen molar-refractivity contribution in [2.75, 3.05) is 6.61 Å². The van der Waals surface area contributed by atoms with E-state index in [-0.39, 0.29) is 5.84 Å². The smallest absolute Gasteiger partial charge is 0.192 e. The highest BCUT2D eigenvalue weighted by Crippen LogP contribution is 2.15. The lowest BCUT2D eigenvalue weighted by Gasteiger charge is -2.08. The van der Waals surface area contributed by atoms with Gasteiger partial charge in [0.25, 0.3) is 0 Å². The first kappa shape index (κ1) is 12.3. The Labute approximate surface area is 94.9 Å². The van der Waals surface area contributed by atoms with E-state index in [0.717, 1.165) is 19.3 Å². The first-order valence-electron chi connectivity index (χ1n) is 5.35. The first-order chi connectivity index (χ1) is 7.79. The van der Waals surface area contributed by atoms with Crippen molar-refractivity contribution < 1.29 is 9.94 Å². The summed E-state index contributed by atoms with van der Waals surface area (Å²) in [5.74, 6) is 0.514. The van der Waals surface area contributed by atoms with Crippen molar-refractivity contribution >= 4 is 5.84 Å². The Balaban J connectivity index is 2.64. The molecule has 1 aromatic rings. The number of aromatic nitrogens is 1. The van der Waals surface area contributed by atoms with Crippen LogP contribution in [-0.4, -0.2) is 22.6 Å². The average molecular weight is 223 g/mol. The number of hydrogen-bond acceptors (Lipinski definition) is 4. The third-order valence-electron chi connectivity index (χ3n) is 2.13. The molecular weight excluding hydrogens is 206 g/mol. The molecular formula is C11H17N3O2. The minimum atomic E-state index is -0.0360. The number of ether oxygens (including phenoxy) is 1. The van der Waals surface area contributed by atoms with Crippen LogP contribution in [-0.2, 0) is 0 Å².